The van der Waals surface area contributed by atoms with Gasteiger partial charge in [0.15, 0.2) is 0 Å². The van der Waals surface area contributed by atoms with Crippen LogP contribution >= 0.6 is 0 Å². The summed E-state index contributed by atoms with van der Waals surface area (Å²) in [5.74, 6) is 0. The highest BCUT2D eigenvalue weighted by Gasteiger charge is 2.35. The minimum absolute atomic E-state index is 0.456. The first-order valence-corrected chi connectivity index (χ1v) is 10.5. The minimum Gasteiger partial charge on any atom is -0.294 e. The van der Waals surface area contributed by atoms with E-state index in [9.17, 15) is 0 Å². The Bertz CT molecular complexity index is 583. The molecule has 2 heterocycles. The van der Waals surface area contributed by atoms with Gasteiger partial charge in [0.1, 0.15) is 0 Å². The van der Waals surface area contributed by atoms with E-state index in [1.165, 1.54) is 75.8 Å². The van der Waals surface area contributed by atoms with Gasteiger partial charge in [-0.3, -0.25) is 9.80 Å². The van der Waals surface area contributed by atoms with Gasteiger partial charge in [0.2, 0.25) is 0 Å². The van der Waals surface area contributed by atoms with Gasteiger partial charge in [-0.1, -0.05) is 73.5 Å². The summed E-state index contributed by atoms with van der Waals surface area (Å²) in [7, 11) is 0. The average Bonchev–Trinajstić information content (AvgIpc) is 2.74. The van der Waals surface area contributed by atoms with Gasteiger partial charge < -0.3 is 0 Å². The second-order valence-electron chi connectivity index (χ2n) is 7.90. The van der Waals surface area contributed by atoms with Gasteiger partial charge in [0, 0.05) is 0 Å². The zero-order valence-electron chi connectivity index (χ0n) is 15.9. The molecule has 2 aromatic carbocycles. The lowest BCUT2D eigenvalue weighted by Crippen LogP contribution is -2.44. The predicted molar refractivity (Wildman–Crippen MR) is 109 cm³/mol. The Labute approximate surface area is 158 Å². The summed E-state index contributed by atoms with van der Waals surface area (Å²) in [6.45, 7) is 4.93. The zero-order chi connectivity index (χ0) is 17.6. The molecule has 0 N–H and O–H groups in total. The molecule has 0 radical (unpaired) electrons. The van der Waals surface area contributed by atoms with E-state index in [2.05, 4.69) is 70.5 Å². The number of benzene rings is 2. The molecule has 2 nitrogen and oxygen atoms in total. The van der Waals surface area contributed by atoms with E-state index in [1.54, 1.807) is 0 Å². The Balaban J connectivity index is 1.74. The fourth-order valence-corrected chi connectivity index (χ4v) is 4.88. The maximum absolute atomic E-state index is 2.77. The summed E-state index contributed by atoms with van der Waals surface area (Å²) in [6, 6.07) is 23.4. The largest absolute Gasteiger partial charge is 0.294 e. The normalized spacial score (nSPS) is 22.0. The highest BCUT2D eigenvalue weighted by atomic mass is 15.3. The molecular weight excluding hydrogens is 316 g/mol. The predicted octanol–water partition coefficient (Wildman–Crippen LogP) is 5.44. The molecule has 2 atom stereocenters. The molecule has 0 unspecified atom stereocenters. The van der Waals surface area contributed by atoms with Gasteiger partial charge >= 0.3 is 0 Å². The summed E-state index contributed by atoms with van der Waals surface area (Å²) in [6.07, 6.45) is 8.13. The van der Waals surface area contributed by atoms with Crippen molar-refractivity contribution in [3.63, 3.8) is 0 Å². The monoisotopic (exact) mass is 348 g/mol. The first-order chi connectivity index (χ1) is 12.9. The quantitative estimate of drug-likeness (QED) is 0.710. The molecule has 2 aliphatic rings. The summed E-state index contributed by atoms with van der Waals surface area (Å²) >= 11 is 0. The van der Waals surface area contributed by atoms with Gasteiger partial charge in [-0.15, -0.1) is 0 Å². The lowest BCUT2D eigenvalue weighted by atomic mass is 9.88. The average molecular weight is 349 g/mol. The standard InChI is InChI=1S/C24H32N2/c1-5-13-21(14-6-1)23(25-17-9-3-10-18-25)24(22-15-7-2-8-16-22)26-19-11-4-12-20-26/h1-2,5-8,13-16,23-24H,3-4,9-12,17-20H2/t23-,24+. The number of hydrogen-bond acceptors (Lipinski definition) is 2. The van der Waals surface area contributed by atoms with Crippen molar-refractivity contribution in [2.24, 2.45) is 0 Å². The SMILES string of the molecule is c1ccc([C@H]([C@H](c2ccccc2)N2CCCCC2)N2CCCCC2)cc1. The second-order valence-corrected chi connectivity index (χ2v) is 7.90. The van der Waals surface area contributed by atoms with Crippen LogP contribution in [0.1, 0.15) is 61.7 Å². The Hall–Kier alpha value is -1.64. The van der Waals surface area contributed by atoms with Crippen LogP contribution in [-0.4, -0.2) is 36.0 Å². The number of nitrogens with zero attached hydrogens (tertiary/aromatic N) is 2. The third-order valence-corrected chi connectivity index (χ3v) is 6.15. The molecule has 2 fully saturated rings. The third-order valence-electron chi connectivity index (χ3n) is 6.15. The van der Waals surface area contributed by atoms with Crippen molar-refractivity contribution >= 4 is 0 Å². The number of hydrogen-bond donors (Lipinski definition) is 0. The topological polar surface area (TPSA) is 6.48 Å². The molecule has 0 amide bonds. The van der Waals surface area contributed by atoms with Crippen LogP contribution in [-0.2, 0) is 0 Å². The highest BCUT2D eigenvalue weighted by molar-refractivity contribution is 5.28. The van der Waals surface area contributed by atoms with Crippen LogP contribution in [0.25, 0.3) is 0 Å². The smallest absolute Gasteiger partial charge is 0.0545 e. The summed E-state index contributed by atoms with van der Waals surface area (Å²) in [5.41, 5.74) is 2.96. The maximum atomic E-state index is 2.77. The van der Waals surface area contributed by atoms with E-state index in [0.29, 0.717) is 12.1 Å². The van der Waals surface area contributed by atoms with Crippen LogP contribution in [0, 0.1) is 0 Å². The molecular formula is C24H32N2. The van der Waals surface area contributed by atoms with Crippen molar-refractivity contribution in [2.45, 2.75) is 50.6 Å². The maximum Gasteiger partial charge on any atom is 0.0545 e. The lowest BCUT2D eigenvalue weighted by Gasteiger charge is -2.45. The van der Waals surface area contributed by atoms with Crippen LogP contribution < -0.4 is 0 Å². The molecule has 0 aliphatic carbocycles. The van der Waals surface area contributed by atoms with Crippen LogP contribution in [0.2, 0.25) is 0 Å². The van der Waals surface area contributed by atoms with E-state index in [-0.39, 0.29) is 0 Å². The molecule has 4 rings (SSSR count). The lowest BCUT2D eigenvalue weighted by molar-refractivity contribution is 0.0516. The molecule has 0 bridgehead atoms. The summed E-state index contributed by atoms with van der Waals surface area (Å²) in [5, 5.41) is 0. The molecule has 2 aliphatic heterocycles. The van der Waals surface area contributed by atoms with Crippen molar-refractivity contribution in [3.05, 3.63) is 71.8 Å². The fraction of sp³-hybridized carbons (Fsp3) is 0.500. The van der Waals surface area contributed by atoms with Gasteiger partial charge in [-0.25, -0.2) is 0 Å². The van der Waals surface area contributed by atoms with Gasteiger partial charge in [0.25, 0.3) is 0 Å². The van der Waals surface area contributed by atoms with Crippen molar-refractivity contribution in [3.8, 4) is 0 Å². The Kier molecular flexibility index (Phi) is 6.03. The van der Waals surface area contributed by atoms with E-state index in [1.807, 2.05) is 0 Å². The second kappa shape index (κ2) is 8.83. The van der Waals surface area contributed by atoms with E-state index < -0.39 is 0 Å². The highest BCUT2D eigenvalue weighted by Crippen LogP contribution is 2.40. The Morgan fingerprint density at radius 3 is 1.15 bits per heavy atom. The van der Waals surface area contributed by atoms with Crippen molar-refractivity contribution in [2.75, 3.05) is 26.2 Å². The molecule has 26 heavy (non-hydrogen) atoms. The third kappa shape index (κ3) is 4.02. The van der Waals surface area contributed by atoms with E-state index in [4.69, 9.17) is 0 Å². The molecule has 2 saturated heterocycles. The van der Waals surface area contributed by atoms with Gasteiger partial charge in [-0.2, -0.15) is 0 Å². The molecule has 0 saturated carbocycles. The fourth-order valence-electron chi connectivity index (χ4n) is 4.88. The summed E-state index contributed by atoms with van der Waals surface area (Å²) < 4.78 is 0. The van der Waals surface area contributed by atoms with Gasteiger partial charge in [0.05, 0.1) is 12.1 Å². The van der Waals surface area contributed by atoms with Crippen molar-refractivity contribution in [1.82, 2.24) is 9.80 Å². The molecule has 0 spiro atoms. The molecule has 0 aromatic heterocycles. The first-order valence-electron chi connectivity index (χ1n) is 10.5. The zero-order valence-corrected chi connectivity index (χ0v) is 15.9. The van der Waals surface area contributed by atoms with Crippen LogP contribution in [0.3, 0.4) is 0 Å². The van der Waals surface area contributed by atoms with Crippen LogP contribution in [0.5, 0.6) is 0 Å². The van der Waals surface area contributed by atoms with Gasteiger partial charge in [-0.05, 0) is 63.0 Å². The molecule has 2 heteroatoms. The van der Waals surface area contributed by atoms with Crippen molar-refractivity contribution < 1.29 is 0 Å². The first kappa shape index (κ1) is 17.8. The Morgan fingerprint density at radius 2 is 0.808 bits per heavy atom. The summed E-state index contributed by atoms with van der Waals surface area (Å²) in [4.78, 5) is 5.54. The van der Waals surface area contributed by atoms with E-state index >= 15 is 0 Å². The minimum atomic E-state index is 0.456. The van der Waals surface area contributed by atoms with Crippen molar-refractivity contribution in [1.29, 1.82) is 0 Å². The van der Waals surface area contributed by atoms with E-state index in [0.717, 1.165) is 0 Å². The number of rotatable bonds is 5. The molecule has 138 valence electrons. The van der Waals surface area contributed by atoms with Crippen LogP contribution in [0.4, 0.5) is 0 Å². The number of piperidine rings is 2. The number of likely N-dealkylation sites (tertiary alicyclic amines) is 2. The Morgan fingerprint density at radius 1 is 0.462 bits per heavy atom. The van der Waals surface area contributed by atoms with Crippen LogP contribution in [0.15, 0.2) is 60.7 Å². The molecule has 2 aromatic rings.